The number of methoxy groups -OCH3 is 1. The summed E-state index contributed by atoms with van der Waals surface area (Å²) in [7, 11) is 3.31. The summed E-state index contributed by atoms with van der Waals surface area (Å²) in [6.45, 7) is 1.82. The number of carbonyl (C=O) groups excluding carboxylic acids is 1. The van der Waals surface area contributed by atoms with Gasteiger partial charge in [-0.05, 0) is 52.7 Å². The van der Waals surface area contributed by atoms with Crippen LogP contribution in [0.2, 0.25) is 0 Å². The first-order chi connectivity index (χ1) is 10.0. The van der Waals surface area contributed by atoms with Crippen molar-refractivity contribution in [3.05, 3.63) is 46.2 Å². The molecule has 1 aromatic heterocycles. The second-order valence-corrected chi connectivity index (χ2v) is 5.19. The summed E-state index contributed by atoms with van der Waals surface area (Å²) in [6, 6.07) is 7.44. The molecule has 21 heavy (non-hydrogen) atoms. The summed E-state index contributed by atoms with van der Waals surface area (Å²) < 4.78 is 7.21. The van der Waals surface area contributed by atoms with Crippen LogP contribution in [0.25, 0.3) is 0 Å². The van der Waals surface area contributed by atoms with Crippen LogP contribution < -0.4 is 10.2 Å². The monoisotopic (exact) mass is 350 g/mol. The van der Waals surface area contributed by atoms with E-state index in [-0.39, 0.29) is 5.91 Å². The van der Waals surface area contributed by atoms with Crippen molar-refractivity contribution >= 4 is 27.5 Å². The van der Waals surface area contributed by atoms with E-state index in [1.807, 2.05) is 31.2 Å². The van der Waals surface area contributed by atoms with Gasteiger partial charge in [0.1, 0.15) is 11.4 Å². The minimum absolute atomic E-state index is 0.324. The van der Waals surface area contributed by atoms with E-state index in [9.17, 15) is 4.79 Å². The highest BCUT2D eigenvalue weighted by Crippen LogP contribution is 2.15. The summed E-state index contributed by atoms with van der Waals surface area (Å²) in [4.78, 5) is 12.1. The second kappa shape index (κ2) is 6.53. The van der Waals surface area contributed by atoms with Crippen LogP contribution in [-0.2, 0) is 7.05 Å². The number of nitrogens with one attached hydrogen (secondary N) is 1. The number of aryl methyl sites for hydroxylation is 1. The summed E-state index contributed by atoms with van der Waals surface area (Å²) in [5.41, 5.74) is 4.54. The maximum Gasteiger partial charge on any atom is 0.290 e. The van der Waals surface area contributed by atoms with Crippen LogP contribution in [0.1, 0.15) is 23.0 Å². The third-order valence-corrected chi connectivity index (χ3v) is 3.52. The third kappa shape index (κ3) is 3.49. The number of nitrogens with zero attached hydrogens (tertiary/aromatic N) is 3. The summed E-state index contributed by atoms with van der Waals surface area (Å²) in [6.07, 6.45) is 1.56. The van der Waals surface area contributed by atoms with Gasteiger partial charge in [0.05, 0.1) is 23.5 Å². The number of carbonyl (C=O) groups is 1. The van der Waals surface area contributed by atoms with Crippen molar-refractivity contribution in [1.29, 1.82) is 0 Å². The summed E-state index contributed by atoms with van der Waals surface area (Å²) in [5, 5.41) is 8.09. The molecule has 1 N–H and O–H groups in total. The van der Waals surface area contributed by atoms with Crippen molar-refractivity contribution in [2.75, 3.05) is 7.11 Å². The SMILES string of the molecule is COc1ccc(/C(C)=N/NC(=O)c2c(Br)cnn2C)cc1. The van der Waals surface area contributed by atoms with Gasteiger partial charge in [-0.3, -0.25) is 9.48 Å². The first kappa shape index (κ1) is 15.2. The van der Waals surface area contributed by atoms with E-state index in [2.05, 4.69) is 31.6 Å². The number of amides is 1. The number of hydrogen-bond acceptors (Lipinski definition) is 4. The molecule has 0 aliphatic rings. The molecule has 0 saturated heterocycles. The molecule has 7 heteroatoms. The van der Waals surface area contributed by atoms with E-state index in [0.717, 1.165) is 11.3 Å². The molecule has 6 nitrogen and oxygen atoms in total. The molecule has 0 atom stereocenters. The van der Waals surface area contributed by atoms with Gasteiger partial charge >= 0.3 is 0 Å². The van der Waals surface area contributed by atoms with Gasteiger partial charge in [0, 0.05) is 7.05 Å². The van der Waals surface area contributed by atoms with Crippen LogP contribution in [0, 0.1) is 0 Å². The zero-order valence-corrected chi connectivity index (χ0v) is 13.5. The predicted octanol–water partition coefficient (Wildman–Crippen LogP) is 2.35. The third-order valence-electron chi connectivity index (χ3n) is 2.94. The van der Waals surface area contributed by atoms with Crippen LogP contribution >= 0.6 is 15.9 Å². The summed E-state index contributed by atoms with van der Waals surface area (Å²) in [5.74, 6) is 0.448. The number of hydrazone groups is 1. The lowest BCUT2D eigenvalue weighted by molar-refractivity contribution is 0.0944. The number of ether oxygens (including phenoxy) is 1. The molecule has 0 radical (unpaired) electrons. The lowest BCUT2D eigenvalue weighted by Gasteiger charge is -2.05. The predicted molar refractivity (Wildman–Crippen MR) is 83.6 cm³/mol. The molecule has 1 amide bonds. The molecule has 1 aromatic carbocycles. The van der Waals surface area contributed by atoms with E-state index in [0.29, 0.717) is 15.9 Å². The van der Waals surface area contributed by atoms with Crippen LogP contribution in [0.4, 0.5) is 0 Å². The van der Waals surface area contributed by atoms with Gasteiger partial charge in [0.15, 0.2) is 0 Å². The van der Waals surface area contributed by atoms with E-state index < -0.39 is 0 Å². The lowest BCUT2D eigenvalue weighted by atomic mass is 10.1. The van der Waals surface area contributed by atoms with Crippen molar-refractivity contribution in [2.45, 2.75) is 6.92 Å². The minimum Gasteiger partial charge on any atom is -0.497 e. The Kier molecular flexibility index (Phi) is 4.74. The Hall–Kier alpha value is -2.15. The van der Waals surface area contributed by atoms with Crippen LogP contribution in [0.3, 0.4) is 0 Å². The number of aromatic nitrogens is 2. The number of hydrogen-bond donors (Lipinski definition) is 1. The zero-order valence-electron chi connectivity index (χ0n) is 11.9. The molecule has 0 unspecified atom stereocenters. The lowest BCUT2D eigenvalue weighted by Crippen LogP contribution is -2.22. The summed E-state index contributed by atoms with van der Waals surface area (Å²) >= 11 is 3.28. The van der Waals surface area contributed by atoms with Gasteiger partial charge < -0.3 is 4.74 Å². The van der Waals surface area contributed by atoms with Crippen LogP contribution in [0.15, 0.2) is 40.0 Å². The van der Waals surface area contributed by atoms with Gasteiger partial charge in [-0.25, -0.2) is 5.43 Å². The van der Waals surface area contributed by atoms with Crippen molar-refractivity contribution < 1.29 is 9.53 Å². The Morgan fingerprint density at radius 1 is 1.38 bits per heavy atom. The molecular formula is C14H15BrN4O2. The average molecular weight is 351 g/mol. The van der Waals surface area contributed by atoms with Crippen molar-refractivity contribution in [3.8, 4) is 5.75 Å². The van der Waals surface area contributed by atoms with Crippen molar-refractivity contribution in [2.24, 2.45) is 12.1 Å². The molecule has 0 fully saturated rings. The standard InChI is InChI=1S/C14H15BrN4O2/c1-9(10-4-6-11(21-3)7-5-10)17-18-14(20)13-12(15)8-16-19(13)2/h4-8H,1-3H3,(H,18,20)/b17-9+. The van der Waals surface area contributed by atoms with Crippen molar-refractivity contribution in [1.82, 2.24) is 15.2 Å². The highest BCUT2D eigenvalue weighted by molar-refractivity contribution is 9.10. The normalized spacial score (nSPS) is 11.3. The topological polar surface area (TPSA) is 68.5 Å². The Balaban J connectivity index is 2.11. The van der Waals surface area contributed by atoms with E-state index in [1.54, 1.807) is 20.4 Å². The van der Waals surface area contributed by atoms with Gasteiger partial charge in [0.25, 0.3) is 5.91 Å². The Morgan fingerprint density at radius 2 is 2.05 bits per heavy atom. The van der Waals surface area contributed by atoms with Gasteiger partial charge in [-0.2, -0.15) is 10.2 Å². The Morgan fingerprint density at radius 3 is 2.57 bits per heavy atom. The molecule has 2 rings (SSSR count). The quantitative estimate of drug-likeness (QED) is 0.679. The fraction of sp³-hybridized carbons (Fsp3) is 0.214. The molecule has 1 heterocycles. The highest BCUT2D eigenvalue weighted by Gasteiger charge is 2.14. The van der Waals surface area contributed by atoms with Crippen LogP contribution in [0.5, 0.6) is 5.75 Å². The maximum absolute atomic E-state index is 12.1. The number of halogens is 1. The molecule has 110 valence electrons. The van der Waals surface area contributed by atoms with Gasteiger partial charge in [-0.15, -0.1) is 0 Å². The number of rotatable bonds is 4. The molecule has 0 aliphatic heterocycles. The highest BCUT2D eigenvalue weighted by atomic mass is 79.9. The minimum atomic E-state index is -0.324. The van der Waals surface area contributed by atoms with E-state index >= 15 is 0 Å². The first-order valence-corrected chi connectivity index (χ1v) is 6.98. The van der Waals surface area contributed by atoms with Gasteiger partial charge in [-0.1, -0.05) is 0 Å². The average Bonchev–Trinajstić information content (AvgIpc) is 2.83. The zero-order chi connectivity index (χ0) is 15.4. The van der Waals surface area contributed by atoms with E-state index in [4.69, 9.17) is 4.74 Å². The fourth-order valence-corrected chi connectivity index (χ4v) is 2.28. The smallest absolute Gasteiger partial charge is 0.290 e. The molecule has 0 saturated carbocycles. The molecule has 0 aliphatic carbocycles. The molecule has 0 bridgehead atoms. The molecule has 0 spiro atoms. The second-order valence-electron chi connectivity index (χ2n) is 4.33. The van der Waals surface area contributed by atoms with E-state index in [1.165, 1.54) is 4.68 Å². The van der Waals surface area contributed by atoms with Crippen molar-refractivity contribution in [3.63, 3.8) is 0 Å². The number of benzene rings is 1. The maximum atomic E-state index is 12.1. The first-order valence-electron chi connectivity index (χ1n) is 6.19. The largest absolute Gasteiger partial charge is 0.497 e. The van der Waals surface area contributed by atoms with Crippen LogP contribution in [-0.4, -0.2) is 28.5 Å². The fourth-order valence-electron chi connectivity index (χ4n) is 1.75. The Labute approximate surface area is 130 Å². The Bertz CT molecular complexity index is 657. The van der Waals surface area contributed by atoms with Gasteiger partial charge in [0.2, 0.25) is 0 Å². The molecule has 2 aromatic rings. The molecular weight excluding hydrogens is 336 g/mol.